The second kappa shape index (κ2) is 15.4. The van der Waals surface area contributed by atoms with Gasteiger partial charge in [-0.1, -0.05) is 46.8 Å². The van der Waals surface area contributed by atoms with Crippen LogP contribution in [0.15, 0.2) is 24.3 Å². The number of carbonyl (C=O) groups excluding carboxylic acids is 5. The van der Waals surface area contributed by atoms with Crippen molar-refractivity contribution in [3.8, 4) is 0 Å². The zero-order chi connectivity index (χ0) is 33.6. The first-order chi connectivity index (χ1) is 21.2. The van der Waals surface area contributed by atoms with Crippen molar-refractivity contribution in [3.63, 3.8) is 0 Å². The van der Waals surface area contributed by atoms with Crippen LogP contribution in [0.25, 0.3) is 0 Å². The van der Waals surface area contributed by atoms with E-state index in [1.807, 2.05) is 34.6 Å². The first-order valence-corrected chi connectivity index (χ1v) is 15.9. The minimum absolute atomic E-state index is 0.0837. The third kappa shape index (κ3) is 8.26. The van der Waals surface area contributed by atoms with E-state index in [-0.39, 0.29) is 71.2 Å². The van der Waals surface area contributed by atoms with Crippen LogP contribution in [0.2, 0.25) is 0 Å². The number of nitrogens with two attached hydrogens (primary N) is 1. The summed E-state index contributed by atoms with van der Waals surface area (Å²) >= 11 is 0.989. The molecule has 0 radical (unpaired) electrons. The second-order valence-electron chi connectivity index (χ2n) is 11.9. The number of carbonyl (C=O) groups is 5. The van der Waals surface area contributed by atoms with Gasteiger partial charge in [0.15, 0.2) is 0 Å². The van der Waals surface area contributed by atoms with Gasteiger partial charge in [-0.2, -0.15) is 0 Å². The van der Waals surface area contributed by atoms with Gasteiger partial charge in [-0.05, 0) is 48.4 Å². The lowest BCUT2D eigenvalue weighted by molar-refractivity contribution is -0.139. The van der Waals surface area contributed by atoms with E-state index in [4.69, 9.17) is 10.5 Å². The van der Waals surface area contributed by atoms with Crippen LogP contribution in [0.1, 0.15) is 78.1 Å². The third-order valence-corrected chi connectivity index (χ3v) is 9.29. The van der Waals surface area contributed by atoms with Crippen molar-refractivity contribution in [2.24, 2.45) is 17.6 Å². The van der Waals surface area contributed by atoms with E-state index in [9.17, 15) is 28.4 Å². The summed E-state index contributed by atoms with van der Waals surface area (Å²) in [6.07, 6.45) is 0.427. The molecule has 1 aromatic heterocycles. The Morgan fingerprint density at radius 2 is 1.53 bits per heavy atom. The summed E-state index contributed by atoms with van der Waals surface area (Å²) in [5.74, 6) is -3.33. The van der Waals surface area contributed by atoms with Crippen LogP contribution < -0.4 is 16.4 Å². The molecule has 1 aliphatic heterocycles. The van der Waals surface area contributed by atoms with Gasteiger partial charge >= 0.3 is 5.97 Å². The number of ether oxygens (including phenoxy) is 1. The molecule has 3 rings (SSSR count). The number of hydrogen-bond acceptors (Lipinski definition) is 8. The highest BCUT2D eigenvalue weighted by Gasteiger charge is 2.35. The van der Waals surface area contributed by atoms with E-state index in [1.165, 1.54) is 19.2 Å². The van der Waals surface area contributed by atoms with Gasteiger partial charge in [-0.3, -0.25) is 19.2 Å². The maximum atomic E-state index is 13.7. The van der Waals surface area contributed by atoms with E-state index in [2.05, 4.69) is 10.6 Å². The molecule has 246 valence electrons. The van der Waals surface area contributed by atoms with E-state index >= 15 is 0 Å². The van der Waals surface area contributed by atoms with Gasteiger partial charge in [0.05, 0.1) is 29.5 Å². The number of thiophene rings is 1. The summed E-state index contributed by atoms with van der Waals surface area (Å²) in [4.78, 5) is 69.2. The van der Waals surface area contributed by atoms with Crippen LogP contribution in [0, 0.1) is 24.6 Å². The van der Waals surface area contributed by atoms with Crippen molar-refractivity contribution < 1.29 is 33.1 Å². The summed E-state index contributed by atoms with van der Waals surface area (Å²) in [6, 6.07) is 4.17. The Balaban J connectivity index is 1.76. The highest BCUT2D eigenvalue weighted by Crippen LogP contribution is 2.36. The topological polar surface area (TPSA) is 151 Å². The molecule has 4 N–H and O–H groups in total. The summed E-state index contributed by atoms with van der Waals surface area (Å²) in [6.45, 7) is 11.8. The molecule has 2 aromatic rings. The van der Waals surface area contributed by atoms with Gasteiger partial charge in [-0.25, -0.2) is 9.18 Å². The number of halogens is 1. The molecule has 0 bridgehead atoms. The zero-order valence-corrected chi connectivity index (χ0v) is 27.8. The fourth-order valence-electron chi connectivity index (χ4n) is 5.16. The normalized spacial score (nSPS) is 15.4. The lowest BCUT2D eigenvalue weighted by atomic mass is 9.95. The Bertz CT molecular complexity index is 1400. The molecule has 13 heteroatoms. The molecule has 4 amide bonds. The first kappa shape index (κ1) is 35.6. The van der Waals surface area contributed by atoms with E-state index in [1.54, 1.807) is 28.9 Å². The molecule has 2 heterocycles. The van der Waals surface area contributed by atoms with Crippen molar-refractivity contribution >= 4 is 45.9 Å². The minimum atomic E-state index is -0.750. The van der Waals surface area contributed by atoms with Crippen molar-refractivity contribution in [1.82, 2.24) is 15.1 Å². The highest BCUT2D eigenvalue weighted by atomic mass is 32.1. The van der Waals surface area contributed by atoms with Crippen molar-refractivity contribution in [1.29, 1.82) is 0 Å². The standard InChI is InChI=1S/C32H44FN5O6S/c1-8-22(20-9-11-21(33)12-10-20)27(39)36-29-23(32(43)44-7)19(6)26(45-29)31(42)38-15-13-37(14-16-38)30(41)25(18(4)5)35-28(40)24(34)17(2)3/h9-12,17-18,22,24-25H,8,13-16,34H2,1-7H3,(H,35,40)(H,36,39)/t22?,24-,25-/m0/s1. The van der Waals surface area contributed by atoms with E-state index in [0.717, 1.165) is 11.3 Å². The van der Waals surface area contributed by atoms with Gasteiger partial charge in [-0.15, -0.1) is 11.3 Å². The number of nitrogens with zero attached hydrogens (tertiary/aromatic N) is 2. The van der Waals surface area contributed by atoms with Crippen LogP contribution >= 0.6 is 11.3 Å². The average molecular weight is 646 g/mol. The Labute approximate surface area is 267 Å². The molecule has 1 aromatic carbocycles. The van der Waals surface area contributed by atoms with Gasteiger partial charge in [0.25, 0.3) is 5.91 Å². The highest BCUT2D eigenvalue weighted by molar-refractivity contribution is 7.18. The Kier molecular flexibility index (Phi) is 12.2. The van der Waals surface area contributed by atoms with Gasteiger partial charge in [0.2, 0.25) is 17.7 Å². The molecule has 1 unspecified atom stereocenters. The van der Waals surface area contributed by atoms with E-state index in [0.29, 0.717) is 17.5 Å². The average Bonchev–Trinajstić information content (AvgIpc) is 3.34. The molecule has 1 aliphatic rings. The molecule has 11 nitrogen and oxygen atoms in total. The smallest absolute Gasteiger partial charge is 0.341 e. The Hall–Kier alpha value is -3.84. The number of amides is 4. The predicted octanol–water partition coefficient (Wildman–Crippen LogP) is 3.52. The molecule has 1 fully saturated rings. The second-order valence-corrected chi connectivity index (χ2v) is 12.9. The predicted molar refractivity (Wildman–Crippen MR) is 171 cm³/mol. The third-order valence-electron chi connectivity index (χ3n) is 8.09. The van der Waals surface area contributed by atoms with Crippen LogP contribution in [0.4, 0.5) is 9.39 Å². The molecule has 45 heavy (non-hydrogen) atoms. The fraction of sp³-hybridized carbons (Fsp3) is 0.531. The molecule has 0 saturated carbocycles. The van der Waals surface area contributed by atoms with Gasteiger partial charge in [0, 0.05) is 26.2 Å². The monoisotopic (exact) mass is 645 g/mol. The Morgan fingerprint density at radius 1 is 0.956 bits per heavy atom. The largest absolute Gasteiger partial charge is 0.465 e. The van der Waals surface area contributed by atoms with Crippen molar-refractivity contribution in [3.05, 3.63) is 51.7 Å². The fourth-order valence-corrected chi connectivity index (χ4v) is 6.32. The lowest BCUT2D eigenvalue weighted by Gasteiger charge is -2.37. The van der Waals surface area contributed by atoms with Gasteiger partial charge < -0.3 is 30.9 Å². The summed E-state index contributed by atoms with van der Waals surface area (Å²) in [5, 5.41) is 5.79. The quantitative estimate of drug-likeness (QED) is 0.317. The minimum Gasteiger partial charge on any atom is -0.465 e. The maximum Gasteiger partial charge on any atom is 0.341 e. The summed E-state index contributed by atoms with van der Waals surface area (Å²) < 4.78 is 18.4. The van der Waals surface area contributed by atoms with Gasteiger partial charge in [0.1, 0.15) is 16.9 Å². The van der Waals surface area contributed by atoms with Crippen LogP contribution in [0.5, 0.6) is 0 Å². The molecular weight excluding hydrogens is 601 g/mol. The zero-order valence-electron chi connectivity index (χ0n) is 26.9. The lowest BCUT2D eigenvalue weighted by Crippen LogP contribution is -2.59. The molecule has 3 atom stereocenters. The molecule has 0 aliphatic carbocycles. The van der Waals surface area contributed by atoms with E-state index < -0.39 is 35.7 Å². The number of benzene rings is 1. The first-order valence-electron chi connectivity index (χ1n) is 15.1. The molecule has 0 spiro atoms. The maximum absolute atomic E-state index is 13.7. The number of anilines is 1. The summed E-state index contributed by atoms with van der Waals surface area (Å²) in [7, 11) is 1.22. The molecule has 1 saturated heterocycles. The SMILES string of the molecule is CCC(C(=O)Nc1sc(C(=O)N2CCN(C(=O)[C@@H](NC(=O)[C@@H](N)C(C)C)C(C)C)CC2)c(C)c1C(=O)OC)c1ccc(F)cc1. The summed E-state index contributed by atoms with van der Waals surface area (Å²) in [5.41, 5.74) is 7.08. The van der Waals surface area contributed by atoms with Crippen molar-refractivity contribution in [2.45, 2.75) is 66.0 Å². The Morgan fingerprint density at radius 3 is 2.04 bits per heavy atom. The number of piperazine rings is 1. The van der Waals surface area contributed by atoms with Crippen LogP contribution in [0.3, 0.4) is 0 Å². The number of esters is 1. The number of methoxy groups -OCH3 is 1. The van der Waals surface area contributed by atoms with Crippen LogP contribution in [-0.4, -0.2) is 84.8 Å². The van der Waals surface area contributed by atoms with Crippen molar-refractivity contribution in [2.75, 3.05) is 38.6 Å². The number of nitrogens with one attached hydrogen (secondary N) is 2. The van der Waals surface area contributed by atoms with Crippen LogP contribution in [-0.2, 0) is 19.1 Å². The number of rotatable bonds is 11. The molecular formula is C32H44FN5O6S. The number of hydrogen-bond donors (Lipinski definition) is 3.